The van der Waals surface area contributed by atoms with E-state index in [1.807, 2.05) is 42.5 Å². The molecule has 0 aliphatic carbocycles. The maximum atomic E-state index is 11.8. The van der Waals surface area contributed by atoms with Gasteiger partial charge in [-0.3, -0.25) is 0 Å². The van der Waals surface area contributed by atoms with Gasteiger partial charge in [-0.25, -0.2) is 4.79 Å². The predicted molar refractivity (Wildman–Crippen MR) is 93.6 cm³/mol. The molecule has 2 rings (SSSR count). The molecule has 128 valence electrons. The molecule has 0 amide bonds. The summed E-state index contributed by atoms with van der Waals surface area (Å²) < 4.78 is 15.5. The highest BCUT2D eigenvalue weighted by atomic mass is 16.6. The molecule has 2 aromatic carbocycles. The zero-order valence-electron chi connectivity index (χ0n) is 14.0. The second-order valence-electron chi connectivity index (χ2n) is 5.15. The molecular weight excluding hydrogens is 318 g/mol. The van der Waals surface area contributed by atoms with Crippen molar-refractivity contribution in [2.24, 2.45) is 0 Å². The zero-order chi connectivity index (χ0) is 17.9. The van der Waals surface area contributed by atoms with Crippen LogP contribution in [0.25, 0.3) is 6.08 Å². The van der Waals surface area contributed by atoms with Gasteiger partial charge in [0.1, 0.15) is 30.6 Å². The first-order chi connectivity index (χ1) is 12.2. The Morgan fingerprint density at radius 1 is 1.12 bits per heavy atom. The summed E-state index contributed by atoms with van der Waals surface area (Å²) in [4.78, 5) is 11.8. The number of hydrogen-bond donors (Lipinski definition) is 0. The van der Waals surface area contributed by atoms with Crippen LogP contribution in [0.2, 0.25) is 0 Å². The van der Waals surface area contributed by atoms with Gasteiger partial charge in [0.25, 0.3) is 0 Å². The molecule has 0 fully saturated rings. The van der Waals surface area contributed by atoms with Crippen LogP contribution in [-0.2, 0) is 20.9 Å². The van der Waals surface area contributed by atoms with Crippen LogP contribution in [0.5, 0.6) is 5.75 Å². The smallest absolute Gasteiger partial charge is 0.348 e. The van der Waals surface area contributed by atoms with E-state index in [9.17, 15) is 4.79 Å². The summed E-state index contributed by atoms with van der Waals surface area (Å²) in [6.45, 7) is 0.833. The quantitative estimate of drug-likeness (QED) is 0.320. The van der Waals surface area contributed by atoms with Crippen molar-refractivity contribution in [1.29, 1.82) is 5.26 Å². The average molecular weight is 337 g/mol. The number of ether oxygens (including phenoxy) is 3. The van der Waals surface area contributed by atoms with Gasteiger partial charge in [-0.1, -0.05) is 42.5 Å². The molecule has 0 heterocycles. The van der Waals surface area contributed by atoms with E-state index in [4.69, 9.17) is 19.5 Å². The van der Waals surface area contributed by atoms with Crippen LogP contribution in [0.4, 0.5) is 0 Å². The van der Waals surface area contributed by atoms with Crippen molar-refractivity contribution in [2.75, 3.05) is 20.3 Å². The van der Waals surface area contributed by atoms with Gasteiger partial charge in [-0.2, -0.15) is 5.26 Å². The SMILES string of the molecule is COCCOC(=O)/C(C#N)=C/c1cccc(OCc2ccccc2)c1. The first kappa shape index (κ1) is 18.2. The van der Waals surface area contributed by atoms with Gasteiger partial charge < -0.3 is 14.2 Å². The maximum Gasteiger partial charge on any atom is 0.348 e. The van der Waals surface area contributed by atoms with E-state index in [2.05, 4.69) is 0 Å². The number of hydrogen-bond acceptors (Lipinski definition) is 5. The highest BCUT2D eigenvalue weighted by molar-refractivity contribution is 5.97. The standard InChI is InChI=1S/C20H19NO4/c1-23-10-11-24-20(22)18(14-21)12-17-8-5-9-19(13-17)25-15-16-6-3-2-4-7-16/h2-9,12-13H,10-11,15H2,1H3/b18-12+. The van der Waals surface area contributed by atoms with E-state index in [0.29, 0.717) is 17.9 Å². The highest BCUT2D eigenvalue weighted by Gasteiger charge is 2.10. The van der Waals surface area contributed by atoms with Gasteiger partial charge in [0.2, 0.25) is 0 Å². The minimum atomic E-state index is -0.671. The number of benzene rings is 2. The zero-order valence-corrected chi connectivity index (χ0v) is 14.0. The molecule has 0 saturated heterocycles. The summed E-state index contributed by atoms with van der Waals surface area (Å²) >= 11 is 0. The van der Waals surface area contributed by atoms with Crippen LogP contribution < -0.4 is 4.74 Å². The Morgan fingerprint density at radius 2 is 1.92 bits per heavy atom. The Labute approximate surface area is 147 Å². The molecule has 0 N–H and O–H groups in total. The van der Waals surface area contributed by atoms with E-state index in [-0.39, 0.29) is 18.8 Å². The minimum Gasteiger partial charge on any atom is -0.489 e. The molecule has 0 spiro atoms. The monoisotopic (exact) mass is 337 g/mol. The summed E-state index contributed by atoms with van der Waals surface area (Å²) in [5.74, 6) is -0.0159. The average Bonchev–Trinajstić information content (AvgIpc) is 2.65. The normalized spacial score (nSPS) is 10.8. The van der Waals surface area contributed by atoms with Crippen molar-refractivity contribution in [3.05, 3.63) is 71.3 Å². The van der Waals surface area contributed by atoms with Crippen LogP contribution in [0.1, 0.15) is 11.1 Å². The van der Waals surface area contributed by atoms with Crippen LogP contribution >= 0.6 is 0 Å². The molecule has 0 aliphatic rings. The van der Waals surface area contributed by atoms with E-state index in [0.717, 1.165) is 5.56 Å². The van der Waals surface area contributed by atoms with Gasteiger partial charge in [0, 0.05) is 7.11 Å². The largest absolute Gasteiger partial charge is 0.489 e. The second kappa shape index (κ2) is 9.91. The Balaban J connectivity index is 2.03. The fourth-order valence-corrected chi connectivity index (χ4v) is 2.03. The molecule has 0 atom stereocenters. The van der Waals surface area contributed by atoms with Crippen molar-refractivity contribution >= 4 is 12.0 Å². The third-order valence-electron chi connectivity index (χ3n) is 3.28. The molecular formula is C20H19NO4. The van der Waals surface area contributed by atoms with E-state index in [1.54, 1.807) is 18.2 Å². The predicted octanol–water partition coefficient (Wildman–Crippen LogP) is 3.36. The Kier molecular flexibility index (Phi) is 7.23. The fraction of sp³-hybridized carbons (Fsp3) is 0.200. The van der Waals surface area contributed by atoms with Crippen molar-refractivity contribution in [3.63, 3.8) is 0 Å². The van der Waals surface area contributed by atoms with Crippen LogP contribution in [0, 0.1) is 11.3 Å². The molecule has 0 bridgehead atoms. The molecule has 0 saturated carbocycles. The second-order valence-corrected chi connectivity index (χ2v) is 5.15. The molecule has 0 aromatic heterocycles. The van der Waals surface area contributed by atoms with Gasteiger partial charge in [-0.05, 0) is 29.3 Å². The van der Waals surface area contributed by atoms with Crippen molar-refractivity contribution < 1.29 is 19.0 Å². The number of esters is 1. The molecule has 25 heavy (non-hydrogen) atoms. The summed E-state index contributed by atoms with van der Waals surface area (Å²) in [5.41, 5.74) is 1.67. The number of methoxy groups -OCH3 is 1. The first-order valence-electron chi connectivity index (χ1n) is 7.77. The van der Waals surface area contributed by atoms with Gasteiger partial charge in [-0.15, -0.1) is 0 Å². The topological polar surface area (TPSA) is 68.5 Å². The van der Waals surface area contributed by atoms with E-state index in [1.165, 1.54) is 13.2 Å². The highest BCUT2D eigenvalue weighted by Crippen LogP contribution is 2.17. The Bertz CT molecular complexity index is 763. The van der Waals surface area contributed by atoms with Crippen molar-refractivity contribution in [1.82, 2.24) is 0 Å². The lowest BCUT2D eigenvalue weighted by Gasteiger charge is -2.07. The van der Waals surface area contributed by atoms with Gasteiger partial charge >= 0.3 is 5.97 Å². The summed E-state index contributed by atoms with van der Waals surface area (Å²) in [6, 6.07) is 18.8. The van der Waals surface area contributed by atoms with Gasteiger partial charge in [0.15, 0.2) is 0 Å². The lowest BCUT2D eigenvalue weighted by Crippen LogP contribution is -2.11. The molecule has 5 nitrogen and oxygen atoms in total. The molecule has 0 radical (unpaired) electrons. The van der Waals surface area contributed by atoms with Crippen LogP contribution in [0.3, 0.4) is 0 Å². The minimum absolute atomic E-state index is 0.0729. The molecule has 0 aliphatic heterocycles. The Morgan fingerprint density at radius 3 is 2.64 bits per heavy atom. The summed E-state index contributed by atoms with van der Waals surface area (Å²) in [5, 5.41) is 9.15. The van der Waals surface area contributed by atoms with Crippen molar-refractivity contribution in [3.8, 4) is 11.8 Å². The number of nitrogens with zero attached hydrogens (tertiary/aromatic N) is 1. The van der Waals surface area contributed by atoms with Crippen LogP contribution in [-0.4, -0.2) is 26.3 Å². The number of carbonyl (C=O) groups is 1. The molecule has 5 heteroatoms. The molecule has 0 unspecified atom stereocenters. The number of nitriles is 1. The van der Waals surface area contributed by atoms with E-state index < -0.39 is 5.97 Å². The maximum absolute atomic E-state index is 11.8. The first-order valence-corrected chi connectivity index (χ1v) is 7.77. The third kappa shape index (κ3) is 6.13. The Hall–Kier alpha value is -3.10. The summed E-state index contributed by atoms with van der Waals surface area (Å²) in [6.07, 6.45) is 1.48. The van der Waals surface area contributed by atoms with Gasteiger partial charge in [0.05, 0.1) is 6.61 Å². The number of carbonyl (C=O) groups excluding carboxylic acids is 1. The lowest BCUT2D eigenvalue weighted by atomic mass is 10.1. The summed E-state index contributed by atoms with van der Waals surface area (Å²) in [7, 11) is 1.51. The molecule has 2 aromatic rings. The number of rotatable bonds is 8. The third-order valence-corrected chi connectivity index (χ3v) is 3.28. The fourth-order valence-electron chi connectivity index (χ4n) is 2.03. The van der Waals surface area contributed by atoms with Crippen molar-refractivity contribution in [2.45, 2.75) is 6.61 Å². The lowest BCUT2D eigenvalue weighted by molar-refractivity contribution is -0.139. The van der Waals surface area contributed by atoms with Crippen LogP contribution in [0.15, 0.2) is 60.2 Å². The van der Waals surface area contributed by atoms with E-state index >= 15 is 0 Å².